The van der Waals surface area contributed by atoms with Crippen molar-refractivity contribution in [2.24, 2.45) is 0 Å². The lowest BCUT2D eigenvalue weighted by Gasteiger charge is -2.16. The van der Waals surface area contributed by atoms with Crippen molar-refractivity contribution in [2.75, 3.05) is 19.6 Å². The fourth-order valence-electron chi connectivity index (χ4n) is 2.13. The van der Waals surface area contributed by atoms with Crippen LogP contribution in [0.25, 0.3) is 0 Å². The number of imide groups is 1. The van der Waals surface area contributed by atoms with E-state index < -0.39 is 6.10 Å². The molecular formula is C14H18N2O3. The first-order chi connectivity index (χ1) is 9.15. The van der Waals surface area contributed by atoms with Crippen molar-refractivity contribution in [3.05, 3.63) is 35.4 Å². The summed E-state index contributed by atoms with van der Waals surface area (Å²) in [5, 5.41) is 12.7. The van der Waals surface area contributed by atoms with Crippen molar-refractivity contribution >= 4 is 11.8 Å². The van der Waals surface area contributed by atoms with E-state index in [2.05, 4.69) is 5.32 Å². The minimum atomic E-state index is -0.552. The number of benzene rings is 1. The van der Waals surface area contributed by atoms with E-state index in [-0.39, 0.29) is 18.4 Å². The van der Waals surface area contributed by atoms with Gasteiger partial charge in [-0.05, 0) is 25.1 Å². The van der Waals surface area contributed by atoms with Crippen molar-refractivity contribution in [1.82, 2.24) is 10.2 Å². The lowest BCUT2D eigenvalue weighted by atomic mass is 10.1. The predicted molar refractivity (Wildman–Crippen MR) is 71.0 cm³/mol. The number of hydrogen-bond donors (Lipinski definition) is 2. The highest BCUT2D eigenvalue weighted by atomic mass is 16.3. The van der Waals surface area contributed by atoms with E-state index >= 15 is 0 Å². The number of amides is 2. The van der Waals surface area contributed by atoms with Crippen molar-refractivity contribution in [1.29, 1.82) is 0 Å². The molecule has 1 aliphatic rings. The van der Waals surface area contributed by atoms with Crippen LogP contribution in [0.3, 0.4) is 0 Å². The Hall–Kier alpha value is -1.72. The molecule has 0 bridgehead atoms. The largest absolute Gasteiger partial charge is 0.392 e. The Morgan fingerprint density at radius 2 is 1.79 bits per heavy atom. The van der Waals surface area contributed by atoms with E-state index in [9.17, 15) is 14.7 Å². The van der Waals surface area contributed by atoms with E-state index in [0.717, 1.165) is 6.54 Å². The zero-order valence-electron chi connectivity index (χ0n) is 10.9. The minimum absolute atomic E-state index is 0.249. The normalized spacial score (nSPS) is 15.8. The van der Waals surface area contributed by atoms with Crippen LogP contribution in [-0.4, -0.2) is 47.6 Å². The lowest BCUT2D eigenvalue weighted by molar-refractivity contribution is 0.0622. The monoisotopic (exact) mass is 262 g/mol. The second-order valence-electron chi connectivity index (χ2n) is 4.56. The summed E-state index contributed by atoms with van der Waals surface area (Å²) in [7, 11) is 0. The van der Waals surface area contributed by atoms with Gasteiger partial charge in [0.15, 0.2) is 0 Å². The van der Waals surface area contributed by atoms with Crippen molar-refractivity contribution in [3.8, 4) is 0 Å². The number of nitrogens with one attached hydrogen (secondary N) is 1. The average molecular weight is 262 g/mol. The molecule has 19 heavy (non-hydrogen) atoms. The molecule has 1 unspecified atom stereocenters. The first-order valence-electron chi connectivity index (χ1n) is 6.49. The Morgan fingerprint density at radius 3 is 2.32 bits per heavy atom. The number of fused-ring (bicyclic) bond motifs is 1. The molecule has 5 nitrogen and oxygen atoms in total. The quantitative estimate of drug-likeness (QED) is 0.738. The number of carbonyl (C=O) groups is 2. The van der Waals surface area contributed by atoms with Gasteiger partial charge in [-0.2, -0.15) is 0 Å². The first-order valence-corrected chi connectivity index (χ1v) is 6.49. The number of carbonyl (C=O) groups excluding carboxylic acids is 2. The zero-order chi connectivity index (χ0) is 13.8. The topological polar surface area (TPSA) is 69.6 Å². The molecule has 2 N–H and O–H groups in total. The van der Waals surface area contributed by atoms with Crippen LogP contribution in [0, 0.1) is 0 Å². The van der Waals surface area contributed by atoms with Crippen LogP contribution < -0.4 is 5.32 Å². The van der Waals surface area contributed by atoms with Crippen LogP contribution in [0.4, 0.5) is 0 Å². The standard InChI is InChI=1S/C14H18N2O3/c1-2-15-9-10(17)7-8-16-13(18)11-5-3-4-6-12(11)14(16)19/h3-6,10,15,17H,2,7-9H2,1H3. The van der Waals surface area contributed by atoms with Crippen LogP contribution >= 0.6 is 0 Å². The summed E-state index contributed by atoms with van der Waals surface area (Å²) in [5.74, 6) is -0.535. The highest BCUT2D eigenvalue weighted by molar-refractivity contribution is 6.21. The van der Waals surface area contributed by atoms with E-state index in [0.29, 0.717) is 24.1 Å². The van der Waals surface area contributed by atoms with Crippen LogP contribution in [0.5, 0.6) is 0 Å². The number of aliphatic hydroxyl groups excluding tert-OH is 1. The lowest BCUT2D eigenvalue weighted by Crippen LogP contribution is -2.35. The molecular weight excluding hydrogens is 244 g/mol. The molecule has 0 fully saturated rings. The Labute approximate surface area is 112 Å². The molecule has 1 aromatic rings. The molecule has 0 aromatic heterocycles. The van der Waals surface area contributed by atoms with Crippen LogP contribution in [0.1, 0.15) is 34.1 Å². The van der Waals surface area contributed by atoms with E-state index in [1.54, 1.807) is 24.3 Å². The first kappa shape index (κ1) is 13.7. The molecule has 0 radical (unpaired) electrons. The van der Waals surface area contributed by atoms with E-state index in [1.807, 2.05) is 6.92 Å². The summed E-state index contributed by atoms with van der Waals surface area (Å²) >= 11 is 0. The molecule has 1 atom stereocenters. The molecule has 5 heteroatoms. The predicted octanol–water partition coefficient (Wildman–Crippen LogP) is 0.643. The molecule has 1 aliphatic heterocycles. The van der Waals surface area contributed by atoms with Crippen molar-refractivity contribution < 1.29 is 14.7 Å². The highest BCUT2D eigenvalue weighted by Crippen LogP contribution is 2.22. The van der Waals surface area contributed by atoms with E-state index in [4.69, 9.17) is 0 Å². The summed E-state index contributed by atoms with van der Waals surface area (Å²) in [6.07, 6.45) is -0.164. The minimum Gasteiger partial charge on any atom is -0.392 e. The molecule has 2 amide bonds. The number of rotatable bonds is 6. The van der Waals surface area contributed by atoms with Gasteiger partial charge < -0.3 is 10.4 Å². The maximum atomic E-state index is 12.0. The Morgan fingerprint density at radius 1 is 1.21 bits per heavy atom. The van der Waals surface area contributed by atoms with Gasteiger partial charge in [0.2, 0.25) is 0 Å². The van der Waals surface area contributed by atoms with Crippen LogP contribution in [0.2, 0.25) is 0 Å². The van der Waals surface area contributed by atoms with Gasteiger partial charge in [0, 0.05) is 13.1 Å². The molecule has 1 heterocycles. The van der Waals surface area contributed by atoms with Gasteiger partial charge in [-0.1, -0.05) is 19.1 Å². The third kappa shape index (κ3) is 2.83. The zero-order valence-corrected chi connectivity index (χ0v) is 10.9. The third-order valence-corrected chi connectivity index (χ3v) is 3.19. The van der Waals surface area contributed by atoms with Gasteiger partial charge in [-0.25, -0.2) is 0 Å². The second-order valence-corrected chi connectivity index (χ2v) is 4.56. The second kappa shape index (κ2) is 5.95. The summed E-state index contributed by atoms with van der Waals surface area (Å²) in [5.41, 5.74) is 0.905. The molecule has 0 aliphatic carbocycles. The van der Waals surface area contributed by atoms with Gasteiger partial charge in [-0.15, -0.1) is 0 Å². The van der Waals surface area contributed by atoms with Gasteiger partial charge >= 0.3 is 0 Å². The number of likely N-dealkylation sites (N-methyl/N-ethyl adjacent to an activating group) is 1. The molecule has 0 saturated heterocycles. The van der Waals surface area contributed by atoms with Crippen molar-refractivity contribution in [2.45, 2.75) is 19.4 Å². The third-order valence-electron chi connectivity index (χ3n) is 3.19. The fraction of sp³-hybridized carbons (Fsp3) is 0.429. The molecule has 0 saturated carbocycles. The maximum Gasteiger partial charge on any atom is 0.261 e. The van der Waals surface area contributed by atoms with Crippen molar-refractivity contribution in [3.63, 3.8) is 0 Å². The van der Waals surface area contributed by atoms with Gasteiger partial charge in [0.05, 0.1) is 17.2 Å². The summed E-state index contributed by atoms with van der Waals surface area (Å²) in [6.45, 7) is 3.46. The smallest absolute Gasteiger partial charge is 0.261 e. The Bertz CT molecular complexity index is 452. The summed E-state index contributed by atoms with van der Waals surface area (Å²) in [6, 6.07) is 6.80. The Balaban J connectivity index is 1.97. The number of nitrogens with zero attached hydrogens (tertiary/aromatic N) is 1. The van der Waals surface area contributed by atoms with E-state index in [1.165, 1.54) is 4.90 Å². The summed E-state index contributed by atoms with van der Waals surface area (Å²) in [4.78, 5) is 25.3. The fourth-order valence-corrected chi connectivity index (χ4v) is 2.13. The van der Waals surface area contributed by atoms with Gasteiger partial charge in [-0.3, -0.25) is 14.5 Å². The van der Waals surface area contributed by atoms with Crippen LogP contribution in [-0.2, 0) is 0 Å². The number of hydrogen-bond acceptors (Lipinski definition) is 4. The molecule has 102 valence electrons. The molecule has 0 spiro atoms. The highest BCUT2D eigenvalue weighted by Gasteiger charge is 2.34. The molecule has 2 rings (SSSR count). The maximum absolute atomic E-state index is 12.0. The SMILES string of the molecule is CCNCC(O)CCN1C(=O)c2ccccc2C1=O. The Kier molecular flexibility index (Phi) is 4.29. The van der Waals surface area contributed by atoms with Gasteiger partial charge in [0.25, 0.3) is 11.8 Å². The number of aliphatic hydroxyl groups is 1. The van der Waals surface area contributed by atoms with Crippen LogP contribution in [0.15, 0.2) is 24.3 Å². The summed E-state index contributed by atoms with van der Waals surface area (Å²) < 4.78 is 0. The van der Waals surface area contributed by atoms with Gasteiger partial charge in [0.1, 0.15) is 0 Å². The molecule has 1 aromatic carbocycles. The average Bonchev–Trinajstić information content (AvgIpc) is 2.67.